The van der Waals surface area contributed by atoms with E-state index in [1.807, 2.05) is 27.7 Å². The number of carbonyl (C=O) groups is 2. The monoisotopic (exact) mass is 299 g/mol. The topological polar surface area (TPSA) is 55.8 Å². The van der Waals surface area contributed by atoms with Crippen LogP contribution in [0.2, 0.25) is 0 Å². The predicted molar refractivity (Wildman–Crippen MR) is 80.8 cm³/mol. The molecule has 1 saturated heterocycles. The van der Waals surface area contributed by atoms with Crippen LogP contribution < -0.4 is 0 Å². The molecule has 1 aliphatic rings. The molecule has 1 fully saturated rings. The average molecular weight is 299 g/mol. The molecule has 122 valence electrons. The number of amides is 1. The summed E-state index contributed by atoms with van der Waals surface area (Å²) in [6.07, 6.45) is 1.81. The summed E-state index contributed by atoms with van der Waals surface area (Å²) in [5, 5.41) is 0. The van der Waals surface area contributed by atoms with Gasteiger partial charge in [0.1, 0.15) is 5.92 Å². The van der Waals surface area contributed by atoms with E-state index in [2.05, 4.69) is 0 Å². The first-order chi connectivity index (χ1) is 9.64. The molecule has 1 rings (SSSR count). The zero-order valence-corrected chi connectivity index (χ0v) is 14.2. The fourth-order valence-electron chi connectivity index (χ4n) is 2.79. The lowest BCUT2D eigenvalue weighted by Gasteiger charge is -2.42. The van der Waals surface area contributed by atoms with E-state index in [-0.39, 0.29) is 18.1 Å². The van der Waals surface area contributed by atoms with Gasteiger partial charge >= 0.3 is 5.97 Å². The number of esters is 1. The van der Waals surface area contributed by atoms with Crippen LogP contribution in [-0.2, 0) is 19.1 Å². The van der Waals surface area contributed by atoms with E-state index in [0.29, 0.717) is 13.1 Å². The number of likely N-dealkylation sites (tertiary alicyclic amines) is 1. The van der Waals surface area contributed by atoms with Crippen molar-refractivity contribution < 1.29 is 19.1 Å². The van der Waals surface area contributed by atoms with Gasteiger partial charge in [-0.15, -0.1) is 0 Å². The quantitative estimate of drug-likeness (QED) is 0.590. The van der Waals surface area contributed by atoms with Crippen LogP contribution in [-0.4, -0.2) is 49.2 Å². The number of carbonyl (C=O) groups excluding carboxylic acids is 2. The molecule has 1 heterocycles. The molecule has 0 aromatic heterocycles. The number of methoxy groups -OCH3 is 1. The van der Waals surface area contributed by atoms with Gasteiger partial charge in [0.25, 0.3) is 0 Å². The molecule has 0 N–H and O–H groups in total. The number of ether oxygens (including phenoxy) is 2. The largest absolute Gasteiger partial charge is 0.465 e. The van der Waals surface area contributed by atoms with Crippen LogP contribution in [0.1, 0.15) is 47.5 Å². The lowest BCUT2D eigenvalue weighted by Crippen LogP contribution is -2.54. The Kier molecular flexibility index (Phi) is 5.79. The summed E-state index contributed by atoms with van der Waals surface area (Å²) in [7, 11) is 1.67. The van der Waals surface area contributed by atoms with Crippen molar-refractivity contribution in [1.29, 1.82) is 0 Å². The normalized spacial score (nSPS) is 24.6. The highest BCUT2D eigenvalue weighted by molar-refractivity contribution is 5.98. The molecule has 0 bridgehead atoms. The molecule has 2 unspecified atom stereocenters. The molecular weight excluding hydrogens is 270 g/mol. The van der Waals surface area contributed by atoms with Crippen molar-refractivity contribution in [2.75, 3.05) is 26.8 Å². The van der Waals surface area contributed by atoms with Crippen LogP contribution in [0.5, 0.6) is 0 Å². The second kappa shape index (κ2) is 6.77. The molecular formula is C16H29NO4. The van der Waals surface area contributed by atoms with E-state index in [0.717, 1.165) is 12.8 Å². The van der Waals surface area contributed by atoms with E-state index >= 15 is 0 Å². The van der Waals surface area contributed by atoms with E-state index in [1.54, 1.807) is 18.9 Å². The van der Waals surface area contributed by atoms with Gasteiger partial charge in [0.15, 0.2) is 0 Å². The lowest BCUT2D eigenvalue weighted by atomic mass is 9.79. The third kappa shape index (κ3) is 4.43. The van der Waals surface area contributed by atoms with Gasteiger partial charge < -0.3 is 14.4 Å². The maximum atomic E-state index is 12.8. The Hall–Kier alpha value is -1.10. The molecule has 0 aromatic rings. The van der Waals surface area contributed by atoms with Crippen molar-refractivity contribution in [3.63, 3.8) is 0 Å². The van der Waals surface area contributed by atoms with Crippen LogP contribution in [0.25, 0.3) is 0 Å². The Morgan fingerprint density at radius 1 is 1.33 bits per heavy atom. The maximum absolute atomic E-state index is 12.8. The van der Waals surface area contributed by atoms with Gasteiger partial charge in [0.05, 0.1) is 12.2 Å². The number of rotatable bonds is 4. The average Bonchev–Trinajstić information content (AvgIpc) is 2.37. The van der Waals surface area contributed by atoms with E-state index < -0.39 is 17.3 Å². The minimum absolute atomic E-state index is 0.149. The SMILES string of the molecule is CCOC(=O)C(C(=O)N1CCCC(C)(OC)C1)C(C)(C)C. The van der Waals surface area contributed by atoms with Crippen LogP contribution in [0.4, 0.5) is 0 Å². The van der Waals surface area contributed by atoms with Gasteiger partial charge in [0, 0.05) is 20.2 Å². The highest BCUT2D eigenvalue weighted by Crippen LogP contribution is 2.32. The fourth-order valence-corrected chi connectivity index (χ4v) is 2.79. The predicted octanol–water partition coefficient (Wildman–Crippen LogP) is 2.24. The zero-order valence-electron chi connectivity index (χ0n) is 14.2. The molecule has 0 aliphatic carbocycles. The molecule has 0 aromatic carbocycles. The minimum atomic E-state index is -0.767. The number of hydrogen-bond donors (Lipinski definition) is 0. The third-order valence-electron chi connectivity index (χ3n) is 4.10. The van der Waals surface area contributed by atoms with Gasteiger partial charge in [0.2, 0.25) is 5.91 Å². The van der Waals surface area contributed by atoms with E-state index in [4.69, 9.17) is 9.47 Å². The second-order valence-corrected chi connectivity index (χ2v) is 7.07. The first-order valence-corrected chi connectivity index (χ1v) is 7.65. The lowest BCUT2D eigenvalue weighted by molar-refractivity contribution is -0.163. The van der Waals surface area contributed by atoms with Gasteiger partial charge in [-0.2, -0.15) is 0 Å². The van der Waals surface area contributed by atoms with Crippen molar-refractivity contribution in [3.05, 3.63) is 0 Å². The summed E-state index contributed by atoms with van der Waals surface area (Å²) in [6, 6.07) is 0. The Morgan fingerprint density at radius 2 is 1.95 bits per heavy atom. The molecule has 0 spiro atoms. The van der Waals surface area contributed by atoms with Crippen molar-refractivity contribution in [1.82, 2.24) is 4.90 Å². The maximum Gasteiger partial charge on any atom is 0.319 e. The molecule has 0 saturated carbocycles. The first-order valence-electron chi connectivity index (χ1n) is 7.65. The number of piperidine rings is 1. The Bertz CT molecular complexity index is 388. The highest BCUT2D eigenvalue weighted by atomic mass is 16.5. The van der Waals surface area contributed by atoms with Gasteiger partial charge in [-0.1, -0.05) is 20.8 Å². The molecule has 21 heavy (non-hydrogen) atoms. The van der Waals surface area contributed by atoms with Gasteiger partial charge in [-0.05, 0) is 32.1 Å². The molecule has 5 nitrogen and oxygen atoms in total. The van der Waals surface area contributed by atoms with Gasteiger partial charge in [-0.25, -0.2) is 0 Å². The van der Waals surface area contributed by atoms with Crippen molar-refractivity contribution in [3.8, 4) is 0 Å². The molecule has 1 aliphatic heterocycles. The molecule has 1 amide bonds. The Morgan fingerprint density at radius 3 is 2.43 bits per heavy atom. The summed E-state index contributed by atoms with van der Waals surface area (Å²) in [5.41, 5.74) is -0.796. The van der Waals surface area contributed by atoms with E-state index in [9.17, 15) is 9.59 Å². The minimum Gasteiger partial charge on any atom is -0.465 e. The summed E-state index contributed by atoms with van der Waals surface area (Å²) >= 11 is 0. The standard InChI is InChI=1S/C16H29NO4/c1-7-21-14(19)12(15(2,3)4)13(18)17-10-8-9-16(5,11-17)20-6/h12H,7-11H2,1-6H3. The summed E-state index contributed by atoms with van der Waals surface area (Å²) in [4.78, 5) is 26.8. The zero-order chi connectivity index (χ0) is 16.3. The van der Waals surface area contributed by atoms with Crippen LogP contribution in [0.15, 0.2) is 0 Å². The second-order valence-electron chi connectivity index (χ2n) is 7.07. The summed E-state index contributed by atoms with van der Waals surface area (Å²) < 4.78 is 10.6. The van der Waals surface area contributed by atoms with Crippen LogP contribution >= 0.6 is 0 Å². The van der Waals surface area contributed by atoms with Gasteiger partial charge in [-0.3, -0.25) is 9.59 Å². The molecule has 2 atom stereocenters. The first kappa shape index (κ1) is 18.0. The Labute approximate surface area is 128 Å². The molecule has 5 heteroatoms. The smallest absolute Gasteiger partial charge is 0.319 e. The van der Waals surface area contributed by atoms with Crippen molar-refractivity contribution in [2.24, 2.45) is 11.3 Å². The summed E-state index contributed by atoms with van der Waals surface area (Å²) in [5.74, 6) is -1.35. The van der Waals surface area contributed by atoms with Crippen molar-refractivity contribution >= 4 is 11.9 Å². The highest BCUT2D eigenvalue weighted by Gasteiger charge is 2.43. The number of hydrogen-bond acceptors (Lipinski definition) is 4. The van der Waals surface area contributed by atoms with Crippen LogP contribution in [0.3, 0.4) is 0 Å². The third-order valence-corrected chi connectivity index (χ3v) is 4.10. The Balaban J connectivity index is 2.93. The fraction of sp³-hybridized carbons (Fsp3) is 0.875. The van der Waals surface area contributed by atoms with Crippen molar-refractivity contribution in [2.45, 2.75) is 53.1 Å². The molecule has 0 radical (unpaired) electrons. The summed E-state index contributed by atoms with van der Waals surface area (Å²) in [6.45, 7) is 10.9. The van der Waals surface area contributed by atoms with E-state index in [1.165, 1.54) is 0 Å². The number of nitrogens with zero attached hydrogens (tertiary/aromatic N) is 1. The van der Waals surface area contributed by atoms with Crippen LogP contribution in [0, 0.1) is 11.3 Å².